The molecule has 2 aromatic rings. The summed E-state index contributed by atoms with van der Waals surface area (Å²) < 4.78 is 2.06. The van der Waals surface area contributed by atoms with Crippen molar-refractivity contribution in [1.29, 1.82) is 0 Å². The van der Waals surface area contributed by atoms with E-state index in [2.05, 4.69) is 22.4 Å². The summed E-state index contributed by atoms with van der Waals surface area (Å²) in [5.74, 6) is 0. The van der Waals surface area contributed by atoms with E-state index < -0.39 is 0 Å². The summed E-state index contributed by atoms with van der Waals surface area (Å²) in [6.07, 6.45) is 3.77. The van der Waals surface area contributed by atoms with Crippen molar-refractivity contribution in [1.82, 2.24) is 9.38 Å². The zero-order valence-corrected chi connectivity index (χ0v) is 7.78. The Bertz CT molecular complexity index is 349. The van der Waals surface area contributed by atoms with Gasteiger partial charge in [0.25, 0.3) is 0 Å². The summed E-state index contributed by atoms with van der Waals surface area (Å²) in [5.41, 5.74) is 2.23. The minimum Gasteiger partial charge on any atom is -0.304 e. The number of pyridine rings is 1. The molecule has 0 unspecified atom stereocenters. The van der Waals surface area contributed by atoms with Gasteiger partial charge in [0.15, 0.2) is 0 Å². The molecule has 0 saturated heterocycles. The molecule has 64 valence electrons. The Kier molecular flexibility index (Phi) is 2.86. The Labute approximate surface area is 72.9 Å². The van der Waals surface area contributed by atoms with Crippen molar-refractivity contribution >= 4 is 5.65 Å². The first-order valence-corrected chi connectivity index (χ1v) is 4.26. The van der Waals surface area contributed by atoms with Gasteiger partial charge in [-0.2, -0.15) is 0 Å². The number of hydrogen-bond donors (Lipinski definition) is 0. The third-order valence-electron chi connectivity index (χ3n) is 1.63. The van der Waals surface area contributed by atoms with Crippen molar-refractivity contribution in [2.24, 2.45) is 0 Å². The Morgan fingerprint density at radius 1 is 1.25 bits per heavy atom. The third kappa shape index (κ3) is 1.47. The van der Waals surface area contributed by atoms with Gasteiger partial charge in [0, 0.05) is 18.1 Å². The fourth-order valence-electron chi connectivity index (χ4n) is 1.09. The first-order chi connectivity index (χ1) is 5.88. The largest absolute Gasteiger partial charge is 0.304 e. The number of nitrogens with zero attached hydrogens (tertiary/aromatic N) is 2. The number of rotatable bonds is 0. The summed E-state index contributed by atoms with van der Waals surface area (Å²) in [7, 11) is 0. The van der Waals surface area contributed by atoms with Gasteiger partial charge in [0.05, 0.1) is 0 Å². The van der Waals surface area contributed by atoms with Crippen molar-refractivity contribution in [3.05, 3.63) is 36.3 Å². The Balaban J connectivity index is 0.000000336. The van der Waals surface area contributed by atoms with Crippen molar-refractivity contribution < 1.29 is 0 Å². The first kappa shape index (κ1) is 8.78. The fraction of sp³-hybridized carbons (Fsp3) is 0.300. The molecule has 0 atom stereocenters. The van der Waals surface area contributed by atoms with E-state index in [4.69, 9.17) is 0 Å². The second-order valence-corrected chi connectivity index (χ2v) is 2.32. The molecule has 0 aliphatic carbocycles. The highest BCUT2D eigenvalue weighted by Gasteiger charge is 1.92. The van der Waals surface area contributed by atoms with Crippen LogP contribution >= 0.6 is 0 Å². The predicted octanol–water partition coefficient (Wildman–Crippen LogP) is 2.67. The van der Waals surface area contributed by atoms with Gasteiger partial charge < -0.3 is 4.40 Å². The van der Waals surface area contributed by atoms with E-state index in [1.165, 1.54) is 5.69 Å². The summed E-state index contributed by atoms with van der Waals surface area (Å²) in [4.78, 5) is 4.14. The monoisotopic (exact) mass is 162 g/mol. The second kappa shape index (κ2) is 3.90. The van der Waals surface area contributed by atoms with E-state index in [0.29, 0.717) is 0 Å². The minimum atomic E-state index is 1.01. The van der Waals surface area contributed by atoms with Gasteiger partial charge in [-0.15, -0.1) is 0 Å². The number of aryl methyl sites for hydroxylation is 1. The average Bonchev–Trinajstić information content (AvgIpc) is 2.57. The van der Waals surface area contributed by atoms with Crippen molar-refractivity contribution in [2.75, 3.05) is 0 Å². The molecule has 2 heteroatoms. The topological polar surface area (TPSA) is 17.3 Å². The molecule has 2 aromatic heterocycles. The molecular formula is C10H14N2. The van der Waals surface area contributed by atoms with Crippen molar-refractivity contribution in [3.63, 3.8) is 0 Å². The van der Waals surface area contributed by atoms with Crippen LogP contribution in [-0.4, -0.2) is 9.38 Å². The zero-order chi connectivity index (χ0) is 8.97. The average molecular weight is 162 g/mol. The van der Waals surface area contributed by atoms with Gasteiger partial charge in [0.1, 0.15) is 5.65 Å². The number of fused-ring (bicyclic) bond motifs is 1. The summed E-state index contributed by atoms with van der Waals surface area (Å²) >= 11 is 0. The molecule has 0 aromatic carbocycles. The molecule has 0 fully saturated rings. The number of aromatic nitrogens is 2. The quantitative estimate of drug-likeness (QED) is 0.582. The van der Waals surface area contributed by atoms with Gasteiger partial charge in [-0.25, -0.2) is 4.98 Å². The van der Waals surface area contributed by atoms with Crippen molar-refractivity contribution in [2.45, 2.75) is 20.8 Å². The van der Waals surface area contributed by atoms with Gasteiger partial charge in [-0.1, -0.05) is 19.9 Å². The van der Waals surface area contributed by atoms with Crippen LogP contribution < -0.4 is 0 Å². The van der Waals surface area contributed by atoms with Gasteiger partial charge in [-0.3, -0.25) is 0 Å². The highest BCUT2D eigenvalue weighted by Crippen LogP contribution is 2.02. The smallest absolute Gasteiger partial charge is 0.136 e. The van der Waals surface area contributed by atoms with Crippen LogP contribution in [0.25, 0.3) is 5.65 Å². The van der Waals surface area contributed by atoms with Crippen LogP contribution in [0.1, 0.15) is 19.5 Å². The first-order valence-electron chi connectivity index (χ1n) is 4.26. The van der Waals surface area contributed by atoms with E-state index in [1.807, 2.05) is 38.4 Å². The molecule has 0 radical (unpaired) electrons. The normalized spacial score (nSPS) is 9.25. The maximum atomic E-state index is 4.14. The lowest BCUT2D eigenvalue weighted by Gasteiger charge is -1.95. The fourth-order valence-corrected chi connectivity index (χ4v) is 1.09. The van der Waals surface area contributed by atoms with Crippen LogP contribution in [-0.2, 0) is 0 Å². The van der Waals surface area contributed by atoms with E-state index in [1.54, 1.807) is 0 Å². The maximum absolute atomic E-state index is 4.14. The lowest BCUT2D eigenvalue weighted by Crippen LogP contribution is -1.86. The van der Waals surface area contributed by atoms with Crippen LogP contribution in [0, 0.1) is 6.92 Å². The van der Waals surface area contributed by atoms with Crippen LogP contribution in [0.2, 0.25) is 0 Å². The van der Waals surface area contributed by atoms with Gasteiger partial charge in [0.2, 0.25) is 0 Å². The van der Waals surface area contributed by atoms with E-state index in [-0.39, 0.29) is 0 Å². The second-order valence-electron chi connectivity index (χ2n) is 2.32. The molecule has 2 rings (SSSR count). The van der Waals surface area contributed by atoms with Gasteiger partial charge in [-0.05, 0) is 19.1 Å². The maximum Gasteiger partial charge on any atom is 0.136 e. The SMILES string of the molecule is CC.Cc1cccc2nccn12. The summed E-state index contributed by atoms with van der Waals surface area (Å²) in [6, 6.07) is 6.07. The highest BCUT2D eigenvalue weighted by atomic mass is 15.0. The number of imidazole rings is 1. The highest BCUT2D eigenvalue weighted by molar-refractivity contribution is 5.39. The summed E-state index contributed by atoms with van der Waals surface area (Å²) in [5, 5.41) is 0. The Hall–Kier alpha value is -1.31. The van der Waals surface area contributed by atoms with E-state index in [0.717, 1.165) is 5.65 Å². The molecule has 0 spiro atoms. The van der Waals surface area contributed by atoms with Crippen LogP contribution in [0.5, 0.6) is 0 Å². The molecule has 0 saturated carbocycles. The van der Waals surface area contributed by atoms with E-state index >= 15 is 0 Å². The van der Waals surface area contributed by atoms with Crippen molar-refractivity contribution in [3.8, 4) is 0 Å². The van der Waals surface area contributed by atoms with Crippen LogP contribution in [0.15, 0.2) is 30.6 Å². The third-order valence-corrected chi connectivity index (χ3v) is 1.63. The molecule has 12 heavy (non-hydrogen) atoms. The Morgan fingerprint density at radius 3 is 2.67 bits per heavy atom. The molecule has 2 nitrogen and oxygen atoms in total. The molecule has 0 bridgehead atoms. The lowest BCUT2D eigenvalue weighted by atomic mass is 10.4. The molecule has 0 aliphatic rings. The van der Waals surface area contributed by atoms with Crippen LogP contribution in [0.4, 0.5) is 0 Å². The van der Waals surface area contributed by atoms with Crippen LogP contribution in [0.3, 0.4) is 0 Å². The lowest BCUT2D eigenvalue weighted by molar-refractivity contribution is 1.09. The summed E-state index contributed by atoms with van der Waals surface area (Å²) in [6.45, 7) is 6.06. The predicted molar refractivity (Wildman–Crippen MR) is 51.3 cm³/mol. The van der Waals surface area contributed by atoms with Gasteiger partial charge >= 0.3 is 0 Å². The number of hydrogen-bond acceptors (Lipinski definition) is 1. The molecule has 2 heterocycles. The van der Waals surface area contributed by atoms with E-state index in [9.17, 15) is 0 Å². The molecule has 0 N–H and O–H groups in total. The Morgan fingerprint density at radius 2 is 2.00 bits per heavy atom. The minimum absolute atomic E-state index is 1.01. The molecule has 0 amide bonds. The molecular weight excluding hydrogens is 148 g/mol. The standard InChI is InChI=1S/C8H8N2.C2H6/c1-7-3-2-4-8-9-5-6-10(7)8;1-2/h2-6H,1H3;1-2H3. The zero-order valence-electron chi connectivity index (χ0n) is 7.78. The molecule has 0 aliphatic heterocycles.